The first-order valence-electron chi connectivity index (χ1n) is 9.33. The average molecular weight is 435 g/mol. The third-order valence-electron chi connectivity index (χ3n) is 6.21. The molecule has 2 amide bonds. The number of nitrogens with one attached hydrogen (secondary N) is 1. The second kappa shape index (κ2) is 6.62. The lowest BCUT2D eigenvalue weighted by atomic mass is 9.49. The van der Waals surface area contributed by atoms with Crippen molar-refractivity contribution in [3.05, 3.63) is 29.8 Å². The molecule has 0 saturated heterocycles. The fourth-order valence-corrected chi connectivity index (χ4v) is 7.04. The van der Waals surface area contributed by atoms with E-state index in [1.807, 2.05) is 0 Å². The summed E-state index contributed by atoms with van der Waals surface area (Å²) in [6.45, 7) is -0.303. The second-order valence-corrected chi connectivity index (χ2v) is 10.1. The number of hydrogen-bond acceptors (Lipinski definition) is 4. The van der Waals surface area contributed by atoms with E-state index in [0.29, 0.717) is 23.1 Å². The van der Waals surface area contributed by atoms with Gasteiger partial charge in [-0.1, -0.05) is 15.9 Å². The van der Waals surface area contributed by atoms with Crippen LogP contribution >= 0.6 is 15.9 Å². The summed E-state index contributed by atoms with van der Waals surface area (Å²) in [5.74, 6) is 0.00148. The van der Waals surface area contributed by atoms with E-state index in [0.717, 1.165) is 32.1 Å². The van der Waals surface area contributed by atoms with Crippen molar-refractivity contribution >= 4 is 39.4 Å². The number of benzene rings is 1. The van der Waals surface area contributed by atoms with Crippen molar-refractivity contribution in [3.8, 4) is 0 Å². The summed E-state index contributed by atoms with van der Waals surface area (Å²) in [7, 11) is 0. The van der Waals surface area contributed by atoms with E-state index in [2.05, 4.69) is 21.2 Å². The zero-order chi connectivity index (χ0) is 19.2. The summed E-state index contributed by atoms with van der Waals surface area (Å²) in [5, 5.41) is 2.67. The third kappa shape index (κ3) is 3.61. The van der Waals surface area contributed by atoms with Gasteiger partial charge in [-0.25, -0.2) is 0 Å². The molecule has 4 saturated carbocycles. The van der Waals surface area contributed by atoms with Gasteiger partial charge in [0, 0.05) is 15.6 Å². The number of primary amides is 1. The van der Waals surface area contributed by atoms with Crippen LogP contribution in [-0.2, 0) is 14.3 Å². The molecule has 0 spiro atoms. The van der Waals surface area contributed by atoms with Gasteiger partial charge in [-0.15, -0.1) is 0 Å². The van der Waals surface area contributed by atoms with Crippen molar-refractivity contribution in [1.82, 2.24) is 0 Å². The largest absolute Gasteiger partial charge is 0.455 e. The van der Waals surface area contributed by atoms with Crippen LogP contribution in [0.4, 0.5) is 5.69 Å². The Bertz CT molecular complexity index is 778. The molecule has 2 atom stereocenters. The Kier molecular flexibility index (Phi) is 4.53. The fourth-order valence-electron chi connectivity index (χ4n) is 5.59. The Morgan fingerprint density at radius 3 is 2.30 bits per heavy atom. The highest BCUT2D eigenvalue weighted by Gasteiger charge is 2.60. The van der Waals surface area contributed by atoms with Crippen LogP contribution in [0.1, 0.15) is 48.9 Å². The molecule has 1 aromatic carbocycles. The van der Waals surface area contributed by atoms with E-state index in [-0.39, 0.29) is 16.9 Å². The van der Waals surface area contributed by atoms with Gasteiger partial charge in [0.1, 0.15) is 0 Å². The van der Waals surface area contributed by atoms with Gasteiger partial charge in [-0.2, -0.15) is 0 Å². The maximum Gasteiger partial charge on any atom is 0.312 e. The molecular weight excluding hydrogens is 412 g/mol. The zero-order valence-electron chi connectivity index (χ0n) is 15.0. The number of ether oxygens (including phenoxy) is 1. The molecule has 144 valence electrons. The van der Waals surface area contributed by atoms with Crippen LogP contribution in [0.3, 0.4) is 0 Å². The Morgan fingerprint density at radius 1 is 1.11 bits per heavy atom. The number of carbonyl (C=O) groups excluding carboxylic acids is 3. The Labute approximate surface area is 166 Å². The van der Waals surface area contributed by atoms with E-state index in [1.54, 1.807) is 12.1 Å². The van der Waals surface area contributed by atoms with Gasteiger partial charge in [-0.05, 0) is 74.6 Å². The van der Waals surface area contributed by atoms with Crippen LogP contribution in [0.15, 0.2) is 24.3 Å². The molecular formula is C20H23BrN2O4. The molecule has 27 heavy (non-hydrogen) atoms. The normalized spacial score (nSPS) is 33.5. The zero-order valence-corrected chi connectivity index (χ0v) is 16.6. The molecule has 4 aliphatic rings. The highest BCUT2D eigenvalue weighted by Crippen LogP contribution is 2.64. The summed E-state index contributed by atoms with van der Waals surface area (Å²) in [6, 6.07) is 6.25. The number of alkyl halides is 1. The minimum atomic E-state index is -0.526. The monoisotopic (exact) mass is 434 g/mol. The maximum atomic E-state index is 12.8. The molecule has 5 rings (SSSR count). The molecule has 0 aromatic heterocycles. The average Bonchev–Trinajstić information content (AvgIpc) is 2.58. The number of anilines is 1. The van der Waals surface area contributed by atoms with Crippen LogP contribution < -0.4 is 11.1 Å². The summed E-state index contributed by atoms with van der Waals surface area (Å²) in [5.41, 5.74) is 5.65. The number of esters is 1. The maximum absolute atomic E-state index is 12.8. The van der Waals surface area contributed by atoms with Crippen LogP contribution in [0, 0.1) is 17.3 Å². The SMILES string of the molecule is NC(=O)c1ccc(NC(=O)COC(=O)C23CC4CC(CC(Br)(C4)C2)C3)cc1. The summed E-state index contributed by atoms with van der Waals surface area (Å²) >= 11 is 3.88. The third-order valence-corrected chi connectivity index (χ3v) is 7.14. The summed E-state index contributed by atoms with van der Waals surface area (Å²) < 4.78 is 5.49. The van der Waals surface area contributed by atoms with E-state index < -0.39 is 17.2 Å². The molecule has 1 aromatic rings. The lowest BCUT2D eigenvalue weighted by Crippen LogP contribution is -2.56. The van der Waals surface area contributed by atoms with Gasteiger partial charge >= 0.3 is 5.97 Å². The number of hydrogen-bond donors (Lipinski definition) is 2. The molecule has 4 aliphatic carbocycles. The first kappa shape index (κ1) is 18.5. The Balaban J connectivity index is 1.34. The van der Waals surface area contributed by atoms with Crippen LogP contribution in [0.25, 0.3) is 0 Å². The Hall–Kier alpha value is -1.89. The van der Waals surface area contributed by atoms with Crippen molar-refractivity contribution in [2.45, 2.75) is 42.8 Å². The van der Waals surface area contributed by atoms with Gasteiger partial charge in [0.05, 0.1) is 5.41 Å². The first-order chi connectivity index (χ1) is 12.8. The van der Waals surface area contributed by atoms with Gasteiger partial charge < -0.3 is 15.8 Å². The second-order valence-electron chi connectivity index (χ2n) is 8.46. The lowest BCUT2D eigenvalue weighted by Gasteiger charge is -2.58. The fraction of sp³-hybridized carbons (Fsp3) is 0.550. The highest BCUT2D eigenvalue weighted by atomic mass is 79.9. The molecule has 2 unspecified atom stereocenters. The van der Waals surface area contributed by atoms with Crippen molar-refractivity contribution in [1.29, 1.82) is 0 Å². The van der Waals surface area contributed by atoms with Crippen molar-refractivity contribution in [3.63, 3.8) is 0 Å². The first-order valence-corrected chi connectivity index (χ1v) is 10.1. The minimum absolute atomic E-state index is 0.0700. The molecule has 3 N–H and O–H groups in total. The van der Waals surface area contributed by atoms with Crippen molar-refractivity contribution in [2.75, 3.05) is 11.9 Å². The standard InChI is InChI=1S/C20H23BrN2O4/c21-20-8-12-5-13(9-20)7-19(6-12,11-20)18(26)27-10-16(24)23-15-3-1-14(2-4-15)17(22)25/h1-4,12-13H,5-11H2,(H2,22,25)(H,23,24). The summed E-state index contributed by atoms with van der Waals surface area (Å²) in [6.07, 6.45) is 6.06. The Morgan fingerprint density at radius 2 is 1.74 bits per heavy atom. The van der Waals surface area contributed by atoms with Gasteiger partial charge in [-0.3, -0.25) is 14.4 Å². The number of carbonyl (C=O) groups is 3. The van der Waals surface area contributed by atoms with E-state index >= 15 is 0 Å². The molecule has 0 aliphatic heterocycles. The van der Waals surface area contributed by atoms with Crippen LogP contribution in [0.2, 0.25) is 0 Å². The lowest BCUT2D eigenvalue weighted by molar-refractivity contribution is -0.170. The van der Waals surface area contributed by atoms with Crippen molar-refractivity contribution in [2.24, 2.45) is 23.0 Å². The number of amides is 2. The highest BCUT2D eigenvalue weighted by molar-refractivity contribution is 9.10. The molecule has 4 fully saturated rings. The molecule has 7 heteroatoms. The topological polar surface area (TPSA) is 98.5 Å². The van der Waals surface area contributed by atoms with E-state index in [4.69, 9.17) is 10.5 Å². The summed E-state index contributed by atoms with van der Waals surface area (Å²) in [4.78, 5) is 36.0. The number of halogens is 1. The molecule has 0 radical (unpaired) electrons. The predicted molar refractivity (Wildman–Crippen MR) is 103 cm³/mol. The minimum Gasteiger partial charge on any atom is -0.455 e. The van der Waals surface area contributed by atoms with Gasteiger partial charge in [0.25, 0.3) is 5.91 Å². The van der Waals surface area contributed by atoms with Gasteiger partial charge in [0.15, 0.2) is 6.61 Å². The van der Waals surface area contributed by atoms with Crippen LogP contribution in [0.5, 0.6) is 0 Å². The number of rotatable bonds is 5. The van der Waals surface area contributed by atoms with Gasteiger partial charge in [0.2, 0.25) is 5.91 Å². The molecule has 0 heterocycles. The molecule has 4 bridgehead atoms. The smallest absolute Gasteiger partial charge is 0.312 e. The predicted octanol–water partition coefficient (Wildman–Crippen LogP) is 3.00. The molecule has 6 nitrogen and oxygen atoms in total. The van der Waals surface area contributed by atoms with E-state index in [1.165, 1.54) is 18.6 Å². The number of nitrogens with two attached hydrogens (primary N) is 1. The van der Waals surface area contributed by atoms with Crippen LogP contribution in [-0.4, -0.2) is 28.7 Å². The van der Waals surface area contributed by atoms with Crippen molar-refractivity contribution < 1.29 is 19.1 Å². The van der Waals surface area contributed by atoms with E-state index in [9.17, 15) is 14.4 Å². The quantitative estimate of drug-likeness (QED) is 0.549.